The summed E-state index contributed by atoms with van der Waals surface area (Å²) in [5, 5.41) is 0.936. The van der Waals surface area contributed by atoms with Gasteiger partial charge in [0, 0.05) is 12.4 Å². The summed E-state index contributed by atoms with van der Waals surface area (Å²) in [5.41, 5.74) is 0.894. The fourth-order valence-electron chi connectivity index (χ4n) is 1.76. The zero-order chi connectivity index (χ0) is 12.2. The molecule has 2 aromatic heterocycles. The lowest BCUT2D eigenvalue weighted by Crippen LogP contribution is -2.07. The topological polar surface area (TPSA) is 52.8 Å². The number of nitrogens with zero attached hydrogens (tertiary/aromatic N) is 4. The van der Waals surface area contributed by atoms with Gasteiger partial charge in [-0.05, 0) is 12.1 Å². The normalized spacial score (nSPS) is 10.7. The Hall–Kier alpha value is -2.43. The van der Waals surface area contributed by atoms with E-state index < -0.39 is 0 Å². The predicted molar refractivity (Wildman–Crippen MR) is 67.3 cm³/mol. The molecule has 0 spiro atoms. The van der Waals surface area contributed by atoms with Gasteiger partial charge >= 0.3 is 0 Å². The highest BCUT2D eigenvalue weighted by Gasteiger charge is 2.03. The molecule has 2 heterocycles. The van der Waals surface area contributed by atoms with Crippen LogP contribution >= 0.6 is 0 Å². The molecule has 0 N–H and O–H groups in total. The van der Waals surface area contributed by atoms with E-state index in [1.54, 1.807) is 12.5 Å². The van der Waals surface area contributed by atoms with Crippen LogP contribution in [0.15, 0.2) is 49.3 Å². The van der Waals surface area contributed by atoms with E-state index in [0.29, 0.717) is 12.5 Å². The molecular formula is C13H12N4O. The number of ether oxygens (including phenoxy) is 1. The van der Waals surface area contributed by atoms with Gasteiger partial charge in [-0.15, -0.1) is 0 Å². The highest BCUT2D eigenvalue weighted by molar-refractivity contribution is 5.82. The maximum absolute atomic E-state index is 5.69. The summed E-state index contributed by atoms with van der Waals surface area (Å²) in [7, 11) is 0. The van der Waals surface area contributed by atoms with Gasteiger partial charge in [0.25, 0.3) is 0 Å². The van der Waals surface area contributed by atoms with Crippen LogP contribution in [0, 0.1) is 0 Å². The van der Waals surface area contributed by atoms with Gasteiger partial charge < -0.3 is 9.30 Å². The highest BCUT2D eigenvalue weighted by atomic mass is 16.5. The minimum absolute atomic E-state index is 0.553. The summed E-state index contributed by atoms with van der Waals surface area (Å²) < 4.78 is 7.65. The third-order valence-electron chi connectivity index (χ3n) is 2.65. The molecule has 5 heteroatoms. The predicted octanol–water partition coefficient (Wildman–Crippen LogP) is 1.91. The van der Waals surface area contributed by atoms with Gasteiger partial charge in [-0.3, -0.25) is 0 Å². The van der Waals surface area contributed by atoms with Crippen molar-refractivity contribution in [2.75, 3.05) is 6.61 Å². The third-order valence-corrected chi connectivity index (χ3v) is 2.65. The average molecular weight is 240 g/mol. The van der Waals surface area contributed by atoms with E-state index in [1.807, 2.05) is 35.0 Å². The van der Waals surface area contributed by atoms with Crippen molar-refractivity contribution in [1.82, 2.24) is 19.5 Å². The van der Waals surface area contributed by atoms with Crippen molar-refractivity contribution in [1.29, 1.82) is 0 Å². The van der Waals surface area contributed by atoms with Gasteiger partial charge in [0.15, 0.2) is 0 Å². The second kappa shape index (κ2) is 4.83. The lowest BCUT2D eigenvalue weighted by molar-refractivity contribution is 0.290. The van der Waals surface area contributed by atoms with Gasteiger partial charge in [-0.2, -0.15) is 0 Å². The first kappa shape index (κ1) is 10.7. The molecule has 3 aromatic rings. The van der Waals surface area contributed by atoms with Gasteiger partial charge in [0.05, 0.1) is 23.8 Å². The quantitative estimate of drug-likeness (QED) is 0.699. The first-order valence-corrected chi connectivity index (χ1v) is 5.72. The molecule has 3 rings (SSSR count). The van der Waals surface area contributed by atoms with E-state index >= 15 is 0 Å². The summed E-state index contributed by atoms with van der Waals surface area (Å²) >= 11 is 0. The Morgan fingerprint density at radius 1 is 1.17 bits per heavy atom. The van der Waals surface area contributed by atoms with Gasteiger partial charge in [0.1, 0.15) is 12.9 Å². The second-order valence-corrected chi connectivity index (χ2v) is 3.84. The summed E-state index contributed by atoms with van der Waals surface area (Å²) in [6.07, 6.45) is 6.94. The standard InChI is InChI=1S/C13H12N4O/c1-2-4-12-11(3-1)13(16-9-15-12)18-8-7-17-6-5-14-10-17/h1-6,9-10H,7-8H2. The molecule has 1 aromatic carbocycles. The zero-order valence-corrected chi connectivity index (χ0v) is 9.73. The minimum Gasteiger partial charge on any atom is -0.475 e. The van der Waals surface area contributed by atoms with Crippen molar-refractivity contribution in [2.24, 2.45) is 0 Å². The molecule has 0 radical (unpaired) electrons. The zero-order valence-electron chi connectivity index (χ0n) is 9.73. The van der Waals surface area contributed by atoms with Crippen molar-refractivity contribution >= 4 is 10.9 Å². The average Bonchev–Trinajstić information content (AvgIpc) is 2.92. The van der Waals surface area contributed by atoms with Crippen molar-refractivity contribution in [2.45, 2.75) is 6.54 Å². The van der Waals surface area contributed by atoms with Crippen LogP contribution in [-0.2, 0) is 6.54 Å². The summed E-state index contributed by atoms with van der Waals surface area (Å²) in [6.45, 7) is 1.30. The van der Waals surface area contributed by atoms with E-state index in [9.17, 15) is 0 Å². The number of benzene rings is 1. The molecule has 0 atom stereocenters. The van der Waals surface area contributed by atoms with E-state index in [-0.39, 0.29) is 0 Å². The number of para-hydroxylation sites is 1. The third kappa shape index (κ3) is 2.15. The molecule has 0 bridgehead atoms. The van der Waals surface area contributed by atoms with Crippen molar-refractivity contribution in [3.05, 3.63) is 49.3 Å². The molecule has 0 aliphatic heterocycles. The molecule has 0 saturated carbocycles. The fourth-order valence-corrected chi connectivity index (χ4v) is 1.76. The molecule has 0 unspecified atom stereocenters. The van der Waals surface area contributed by atoms with Gasteiger partial charge in [-0.25, -0.2) is 15.0 Å². The molecule has 0 saturated heterocycles. The van der Waals surface area contributed by atoms with Gasteiger partial charge in [0.2, 0.25) is 5.88 Å². The van der Waals surface area contributed by atoms with E-state index in [1.165, 1.54) is 6.33 Å². The maximum Gasteiger partial charge on any atom is 0.224 e. The maximum atomic E-state index is 5.69. The lowest BCUT2D eigenvalue weighted by atomic mass is 10.2. The molecule has 0 fully saturated rings. The largest absolute Gasteiger partial charge is 0.475 e. The van der Waals surface area contributed by atoms with Crippen molar-refractivity contribution in [3.63, 3.8) is 0 Å². The number of aromatic nitrogens is 4. The van der Waals surface area contributed by atoms with Crippen LogP contribution in [-0.4, -0.2) is 26.1 Å². The van der Waals surface area contributed by atoms with E-state index in [0.717, 1.165) is 17.4 Å². The SMILES string of the molecule is c1ccc2c(OCCn3ccnc3)ncnc2c1. The highest BCUT2D eigenvalue weighted by Crippen LogP contribution is 2.20. The van der Waals surface area contributed by atoms with E-state index in [4.69, 9.17) is 4.74 Å². The van der Waals surface area contributed by atoms with Crippen LogP contribution < -0.4 is 4.74 Å². The fraction of sp³-hybridized carbons (Fsp3) is 0.154. The summed E-state index contributed by atoms with van der Waals surface area (Å²) in [6, 6.07) is 7.81. The molecular weight excluding hydrogens is 228 g/mol. The molecule has 90 valence electrons. The molecule has 5 nitrogen and oxygen atoms in total. The van der Waals surface area contributed by atoms with Crippen LogP contribution in [0.4, 0.5) is 0 Å². The molecule has 0 aliphatic rings. The van der Waals surface area contributed by atoms with Crippen molar-refractivity contribution in [3.8, 4) is 5.88 Å². The number of fused-ring (bicyclic) bond motifs is 1. The molecule has 0 amide bonds. The molecule has 18 heavy (non-hydrogen) atoms. The monoisotopic (exact) mass is 240 g/mol. The molecule has 0 aliphatic carbocycles. The number of hydrogen-bond acceptors (Lipinski definition) is 4. The Bertz CT molecular complexity index is 631. The Kier molecular flexibility index (Phi) is 2.87. The Morgan fingerprint density at radius 3 is 3.00 bits per heavy atom. The van der Waals surface area contributed by atoms with Crippen LogP contribution in [0.1, 0.15) is 0 Å². The Balaban J connectivity index is 1.74. The van der Waals surface area contributed by atoms with Gasteiger partial charge in [-0.1, -0.05) is 12.1 Å². The van der Waals surface area contributed by atoms with Crippen LogP contribution in [0.2, 0.25) is 0 Å². The lowest BCUT2D eigenvalue weighted by Gasteiger charge is -2.07. The first-order chi connectivity index (χ1) is 8.93. The van der Waals surface area contributed by atoms with Crippen LogP contribution in [0.25, 0.3) is 10.9 Å². The van der Waals surface area contributed by atoms with Crippen LogP contribution in [0.5, 0.6) is 5.88 Å². The number of rotatable bonds is 4. The number of hydrogen-bond donors (Lipinski definition) is 0. The smallest absolute Gasteiger partial charge is 0.224 e. The van der Waals surface area contributed by atoms with Crippen molar-refractivity contribution < 1.29 is 4.74 Å². The first-order valence-electron chi connectivity index (χ1n) is 5.72. The van der Waals surface area contributed by atoms with Crippen LogP contribution in [0.3, 0.4) is 0 Å². The second-order valence-electron chi connectivity index (χ2n) is 3.84. The number of imidazole rings is 1. The Morgan fingerprint density at radius 2 is 2.11 bits per heavy atom. The minimum atomic E-state index is 0.553. The summed E-state index contributed by atoms with van der Waals surface area (Å²) in [5.74, 6) is 0.626. The Labute approximate surface area is 104 Å². The summed E-state index contributed by atoms with van der Waals surface area (Å²) in [4.78, 5) is 12.3. The van der Waals surface area contributed by atoms with E-state index in [2.05, 4.69) is 15.0 Å².